The minimum Gasteiger partial charge on any atom is -0.508 e. The lowest BCUT2D eigenvalue weighted by Crippen LogP contribution is -2.13. The molecule has 0 amide bonds. The molecular formula is C15H12N6O2. The number of nitriles is 1. The van der Waals surface area contributed by atoms with Crippen molar-refractivity contribution in [2.75, 3.05) is 12.0 Å². The van der Waals surface area contributed by atoms with Gasteiger partial charge in [0.15, 0.2) is 11.5 Å². The van der Waals surface area contributed by atoms with Gasteiger partial charge in [0.1, 0.15) is 23.4 Å². The Morgan fingerprint density at radius 1 is 1.26 bits per heavy atom. The van der Waals surface area contributed by atoms with Gasteiger partial charge in [-0.3, -0.25) is 10.00 Å². The van der Waals surface area contributed by atoms with Gasteiger partial charge < -0.3 is 9.84 Å². The molecule has 0 fully saturated rings. The van der Waals surface area contributed by atoms with Crippen molar-refractivity contribution in [2.24, 2.45) is 0 Å². The van der Waals surface area contributed by atoms with Gasteiger partial charge in [0.05, 0.1) is 31.4 Å². The number of benzene rings is 1. The van der Waals surface area contributed by atoms with Gasteiger partial charge in [-0.2, -0.15) is 10.4 Å². The van der Waals surface area contributed by atoms with Crippen LogP contribution in [0.1, 0.15) is 5.69 Å². The molecular weight excluding hydrogens is 296 g/mol. The molecule has 0 aliphatic heterocycles. The zero-order chi connectivity index (χ0) is 16.2. The predicted molar refractivity (Wildman–Crippen MR) is 81.8 cm³/mol. The molecule has 0 aliphatic rings. The van der Waals surface area contributed by atoms with Crippen molar-refractivity contribution in [3.8, 4) is 17.6 Å². The van der Waals surface area contributed by atoms with Crippen molar-refractivity contribution >= 4 is 17.3 Å². The summed E-state index contributed by atoms with van der Waals surface area (Å²) in [6.45, 7) is 0. The van der Waals surface area contributed by atoms with Gasteiger partial charge in [0.2, 0.25) is 0 Å². The van der Waals surface area contributed by atoms with Crippen molar-refractivity contribution in [2.45, 2.75) is 0 Å². The van der Waals surface area contributed by atoms with E-state index < -0.39 is 0 Å². The van der Waals surface area contributed by atoms with E-state index in [4.69, 9.17) is 10.00 Å². The van der Waals surface area contributed by atoms with Crippen LogP contribution >= 0.6 is 0 Å². The van der Waals surface area contributed by atoms with E-state index in [1.54, 1.807) is 23.2 Å². The average Bonchev–Trinajstić information content (AvgIpc) is 3.11. The first-order valence-corrected chi connectivity index (χ1v) is 6.61. The normalized spacial score (nSPS) is 10.1. The molecule has 0 atom stereocenters. The molecule has 2 aromatic heterocycles. The average molecular weight is 308 g/mol. The molecule has 8 heteroatoms. The molecule has 0 saturated carbocycles. The Morgan fingerprint density at radius 3 is 2.74 bits per heavy atom. The summed E-state index contributed by atoms with van der Waals surface area (Å²) < 4.78 is 5.34. The first-order valence-electron chi connectivity index (χ1n) is 6.61. The maximum Gasteiger partial charge on any atom is 0.158 e. The molecule has 2 heterocycles. The highest BCUT2D eigenvalue weighted by atomic mass is 16.5. The highest BCUT2D eigenvalue weighted by molar-refractivity contribution is 5.76. The molecule has 0 unspecified atom stereocenters. The lowest BCUT2D eigenvalue weighted by molar-refractivity contribution is 0.408. The molecule has 23 heavy (non-hydrogen) atoms. The SMILES string of the molecule is COc1cc(O)ccc1N(c1cnc(C#N)cn1)c1ccn[nH]1. The first-order chi connectivity index (χ1) is 11.2. The Labute approximate surface area is 131 Å². The summed E-state index contributed by atoms with van der Waals surface area (Å²) >= 11 is 0. The van der Waals surface area contributed by atoms with Crippen LogP contribution in [0, 0.1) is 11.3 Å². The largest absolute Gasteiger partial charge is 0.508 e. The van der Waals surface area contributed by atoms with Crippen LogP contribution in [-0.4, -0.2) is 32.4 Å². The molecule has 0 bridgehead atoms. The third-order valence-electron chi connectivity index (χ3n) is 3.11. The van der Waals surface area contributed by atoms with Gasteiger partial charge in [0, 0.05) is 12.1 Å². The van der Waals surface area contributed by atoms with E-state index in [1.807, 2.05) is 6.07 Å². The van der Waals surface area contributed by atoms with Crippen LogP contribution < -0.4 is 9.64 Å². The molecule has 8 nitrogen and oxygen atoms in total. The maximum atomic E-state index is 9.64. The van der Waals surface area contributed by atoms with Crippen LogP contribution in [-0.2, 0) is 0 Å². The highest BCUT2D eigenvalue weighted by Gasteiger charge is 2.19. The summed E-state index contributed by atoms with van der Waals surface area (Å²) in [4.78, 5) is 10.0. The number of aromatic nitrogens is 4. The smallest absolute Gasteiger partial charge is 0.158 e. The van der Waals surface area contributed by atoms with Gasteiger partial charge in [-0.15, -0.1) is 0 Å². The van der Waals surface area contributed by atoms with E-state index in [0.717, 1.165) is 0 Å². The zero-order valence-electron chi connectivity index (χ0n) is 12.1. The second-order valence-electron chi connectivity index (χ2n) is 4.51. The summed E-state index contributed by atoms with van der Waals surface area (Å²) in [6, 6.07) is 8.41. The minimum absolute atomic E-state index is 0.0843. The van der Waals surface area contributed by atoms with Crippen LogP contribution in [0.5, 0.6) is 11.5 Å². The number of H-pyrrole nitrogens is 1. The van der Waals surface area contributed by atoms with Crippen molar-refractivity contribution in [1.29, 1.82) is 5.26 Å². The zero-order valence-corrected chi connectivity index (χ0v) is 12.1. The number of aromatic amines is 1. The number of aromatic hydroxyl groups is 1. The Balaban J connectivity index is 2.15. The summed E-state index contributed by atoms with van der Waals surface area (Å²) in [7, 11) is 1.51. The topological polar surface area (TPSA) is 111 Å². The molecule has 1 aromatic carbocycles. The Morgan fingerprint density at radius 2 is 2.13 bits per heavy atom. The lowest BCUT2D eigenvalue weighted by Gasteiger charge is -2.23. The Bertz CT molecular complexity index is 839. The molecule has 0 aliphatic carbocycles. The number of ether oxygens (including phenoxy) is 1. The first kappa shape index (κ1) is 14.3. The van der Waals surface area contributed by atoms with E-state index in [2.05, 4.69) is 20.2 Å². The number of hydrogen-bond donors (Lipinski definition) is 2. The van der Waals surface area contributed by atoms with Gasteiger partial charge in [-0.1, -0.05) is 0 Å². The van der Waals surface area contributed by atoms with Gasteiger partial charge in [0.25, 0.3) is 0 Å². The number of nitrogens with one attached hydrogen (secondary N) is 1. The standard InChI is InChI=1S/C15H12N6O2/c1-23-13-6-11(22)2-3-12(13)21(14-4-5-19-20-14)15-9-17-10(7-16)8-18-15/h2-6,8-9,22H,1H3,(H,19,20). The van der Waals surface area contributed by atoms with E-state index in [1.165, 1.54) is 31.6 Å². The fourth-order valence-electron chi connectivity index (χ4n) is 2.10. The number of methoxy groups -OCH3 is 1. The fourth-order valence-corrected chi connectivity index (χ4v) is 2.10. The third kappa shape index (κ3) is 2.75. The molecule has 0 spiro atoms. The van der Waals surface area contributed by atoms with E-state index in [0.29, 0.717) is 23.1 Å². The van der Waals surface area contributed by atoms with Gasteiger partial charge in [-0.25, -0.2) is 9.97 Å². The van der Waals surface area contributed by atoms with Crippen molar-refractivity contribution in [1.82, 2.24) is 20.2 Å². The van der Waals surface area contributed by atoms with Crippen LogP contribution in [0.4, 0.5) is 17.3 Å². The van der Waals surface area contributed by atoms with E-state index in [9.17, 15) is 5.11 Å². The lowest BCUT2D eigenvalue weighted by atomic mass is 10.2. The number of phenolic OH excluding ortho intramolecular Hbond substituents is 1. The summed E-state index contributed by atoms with van der Waals surface area (Å²) in [5, 5.41) is 25.3. The summed E-state index contributed by atoms with van der Waals surface area (Å²) in [6.07, 6.45) is 4.46. The van der Waals surface area contributed by atoms with Crippen molar-refractivity contribution in [3.63, 3.8) is 0 Å². The minimum atomic E-state index is 0.0843. The van der Waals surface area contributed by atoms with Crippen molar-refractivity contribution in [3.05, 3.63) is 48.5 Å². The number of hydrogen-bond acceptors (Lipinski definition) is 7. The van der Waals surface area contributed by atoms with Crippen LogP contribution in [0.2, 0.25) is 0 Å². The van der Waals surface area contributed by atoms with Gasteiger partial charge >= 0.3 is 0 Å². The molecule has 3 rings (SSSR count). The van der Waals surface area contributed by atoms with E-state index >= 15 is 0 Å². The number of phenols is 1. The molecule has 3 aromatic rings. The second-order valence-corrected chi connectivity index (χ2v) is 4.51. The second kappa shape index (κ2) is 6.03. The Hall–Kier alpha value is -3.60. The predicted octanol–water partition coefficient (Wildman–Crippen LogP) is 2.26. The van der Waals surface area contributed by atoms with Crippen LogP contribution in [0.25, 0.3) is 0 Å². The third-order valence-corrected chi connectivity index (χ3v) is 3.11. The van der Waals surface area contributed by atoms with Gasteiger partial charge in [-0.05, 0) is 12.1 Å². The monoisotopic (exact) mass is 308 g/mol. The number of rotatable bonds is 4. The quantitative estimate of drug-likeness (QED) is 0.760. The van der Waals surface area contributed by atoms with Crippen LogP contribution in [0.3, 0.4) is 0 Å². The summed E-state index contributed by atoms with van der Waals surface area (Å²) in [5.41, 5.74) is 0.851. The number of nitrogens with zero attached hydrogens (tertiary/aromatic N) is 5. The van der Waals surface area contributed by atoms with Crippen LogP contribution in [0.15, 0.2) is 42.9 Å². The number of anilines is 3. The molecule has 114 valence electrons. The Kier molecular flexibility index (Phi) is 3.76. The molecule has 0 saturated heterocycles. The molecule has 0 radical (unpaired) electrons. The fraction of sp³-hybridized carbons (Fsp3) is 0.0667. The highest BCUT2D eigenvalue weighted by Crippen LogP contribution is 2.39. The van der Waals surface area contributed by atoms with Crippen molar-refractivity contribution < 1.29 is 9.84 Å². The maximum absolute atomic E-state index is 9.64. The molecule has 2 N–H and O–H groups in total. The summed E-state index contributed by atoms with van der Waals surface area (Å²) in [5.74, 6) is 1.64. The van der Waals surface area contributed by atoms with E-state index in [-0.39, 0.29) is 11.4 Å².